The van der Waals surface area contributed by atoms with Crippen molar-refractivity contribution in [3.05, 3.63) is 38.3 Å². The number of halogens is 1. The lowest BCUT2D eigenvalue weighted by atomic mass is 10.1. The van der Waals surface area contributed by atoms with Crippen molar-refractivity contribution >= 4 is 38.6 Å². The first kappa shape index (κ1) is 13.4. The molecule has 0 aliphatic carbocycles. The Hall–Kier alpha value is -1.07. The van der Waals surface area contributed by atoms with Crippen LogP contribution < -0.4 is 11.1 Å². The van der Waals surface area contributed by atoms with Crippen LogP contribution in [-0.2, 0) is 0 Å². The second kappa shape index (κ2) is 5.28. The van der Waals surface area contributed by atoms with Crippen molar-refractivity contribution in [2.45, 2.75) is 26.8 Å². The highest BCUT2D eigenvalue weighted by Crippen LogP contribution is 2.31. The molecule has 0 radical (unpaired) electrons. The molecule has 1 aromatic carbocycles. The van der Waals surface area contributed by atoms with E-state index >= 15 is 0 Å². The van der Waals surface area contributed by atoms with Crippen LogP contribution in [0.3, 0.4) is 0 Å². The first-order valence-corrected chi connectivity index (χ1v) is 7.33. The van der Waals surface area contributed by atoms with Crippen LogP contribution in [0.25, 0.3) is 0 Å². The summed E-state index contributed by atoms with van der Waals surface area (Å²) in [5, 5.41) is 4.54. The molecular weight excluding hydrogens is 310 g/mol. The van der Waals surface area contributed by atoms with Gasteiger partial charge in [0.1, 0.15) is 5.01 Å². The maximum Gasteiger partial charge on any atom is 0.115 e. The summed E-state index contributed by atoms with van der Waals surface area (Å²) in [7, 11) is 0. The summed E-state index contributed by atoms with van der Waals surface area (Å²) in [4.78, 5) is 5.63. The number of nitrogen functional groups attached to an aromatic ring is 1. The molecule has 0 aliphatic rings. The molecule has 2 aromatic rings. The molecule has 0 aliphatic heterocycles. The number of hydrogen-bond donors (Lipinski definition) is 2. The number of aromatic nitrogens is 1. The third-order valence-corrected chi connectivity index (χ3v) is 4.49. The molecule has 96 valence electrons. The highest BCUT2D eigenvalue weighted by Gasteiger charge is 2.11. The van der Waals surface area contributed by atoms with Gasteiger partial charge in [-0.05, 0) is 54.4 Å². The minimum Gasteiger partial charge on any atom is -0.398 e. The molecule has 1 unspecified atom stereocenters. The molecule has 3 nitrogen and oxygen atoms in total. The molecule has 0 fully saturated rings. The molecule has 1 heterocycles. The predicted octanol–water partition coefficient (Wildman–Crippen LogP) is 4.28. The van der Waals surface area contributed by atoms with Gasteiger partial charge in [-0.15, -0.1) is 11.3 Å². The topological polar surface area (TPSA) is 50.9 Å². The quantitative estimate of drug-likeness (QED) is 0.828. The number of nitrogens with two attached hydrogens (primary N) is 1. The number of hydrogen-bond acceptors (Lipinski definition) is 4. The van der Waals surface area contributed by atoms with Gasteiger partial charge >= 0.3 is 0 Å². The van der Waals surface area contributed by atoms with Crippen LogP contribution in [0.2, 0.25) is 0 Å². The summed E-state index contributed by atoms with van der Waals surface area (Å²) >= 11 is 5.24. The smallest absolute Gasteiger partial charge is 0.115 e. The molecule has 1 atom stereocenters. The van der Waals surface area contributed by atoms with Crippen LogP contribution in [0.5, 0.6) is 0 Å². The highest BCUT2D eigenvalue weighted by molar-refractivity contribution is 9.10. The van der Waals surface area contributed by atoms with Crippen molar-refractivity contribution in [1.82, 2.24) is 4.98 Å². The Morgan fingerprint density at radius 3 is 2.72 bits per heavy atom. The molecule has 0 amide bonds. The van der Waals surface area contributed by atoms with Crippen molar-refractivity contribution in [1.29, 1.82) is 0 Å². The van der Waals surface area contributed by atoms with Crippen LogP contribution in [0.4, 0.5) is 11.4 Å². The summed E-state index contributed by atoms with van der Waals surface area (Å²) < 4.78 is 0.978. The molecule has 5 heteroatoms. The standard InChI is InChI=1S/C13H16BrN3S/c1-7-4-12(10(14)5-11(7)15)17-9(3)13-16-6-8(2)18-13/h4-6,9,17H,15H2,1-3H3. The van der Waals surface area contributed by atoms with Gasteiger partial charge in [-0.2, -0.15) is 0 Å². The number of rotatable bonds is 3. The van der Waals surface area contributed by atoms with Crippen LogP contribution in [0, 0.1) is 13.8 Å². The Bertz CT molecular complexity index is 565. The van der Waals surface area contributed by atoms with Gasteiger partial charge in [0, 0.05) is 26.9 Å². The fourth-order valence-electron chi connectivity index (χ4n) is 1.67. The minimum absolute atomic E-state index is 0.183. The SMILES string of the molecule is Cc1cnc(C(C)Nc2cc(C)c(N)cc2Br)s1. The summed E-state index contributed by atoms with van der Waals surface area (Å²) in [6.45, 7) is 6.18. The first-order valence-electron chi connectivity index (χ1n) is 5.72. The monoisotopic (exact) mass is 325 g/mol. The third-order valence-electron chi connectivity index (χ3n) is 2.74. The average Bonchev–Trinajstić information content (AvgIpc) is 2.73. The van der Waals surface area contributed by atoms with E-state index in [1.807, 2.05) is 19.2 Å². The Balaban J connectivity index is 2.21. The fraction of sp³-hybridized carbons (Fsp3) is 0.308. The number of thiazole rings is 1. The lowest BCUT2D eigenvalue weighted by Gasteiger charge is -2.15. The lowest BCUT2D eigenvalue weighted by molar-refractivity contribution is 0.868. The molecule has 0 saturated carbocycles. The number of aryl methyl sites for hydroxylation is 2. The fourth-order valence-corrected chi connectivity index (χ4v) is 2.93. The molecule has 18 heavy (non-hydrogen) atoms. The number of nitrogens with one attached hydrogen (secondary N) is 1. The van der Waals surface area contributed by atoms with Gasteiger partial charge in [0.25, 0.3) is 0 Å². The Labute approximate surface area is 120 Å². The summed E-state index contributed by atoms with van der Waals surface area (Å²) in [6, 6.07) is 4.16. The number of nitrogens with zero attached hydrogens (tertiary/aromatic N) is 1. The van der Waals surface area contributed by atoms with Crippen LogP contribution in [0.1, 0.15) is 28.4 Å². The normalized spacial score (nSPS) is 12.4. The van der Waals surface area contributed by atoms with Crippen molar-refractivity contribution in [3.63, 3.8) is 0 Å². The van der Waals surface area contributed by atoms with Gasteiger partial charge in [-0.3, -0.25) is 0 Å². The molecule has 0 bridgehead atoms. The van der Waals surface area contributed by atoms with Crippen molar-refractivity contribution in [2.75, 3.05) is 11.1 Å². The van der Waals surface area contributed by atoms with E-state index in [1.54, 1.807) is 11.3 Å². The van der Waals surface area contributed by atoms with Crippen molar-refractivity contribution in [3.8, 4) is 0 Å². The van der Waals surface area contributed by atoms with E-state index < -0.39 is 0 Å². The van der Waals surface area contributed by atoms with Gasteiger partial charge in [-0.1, -0.05) is 0 Å². The largest absolute Gasteiger partial charge is 0.398 e. The van der Waals surface area contributed by atoms with E-state index in [0.29, 0.717) is 0 Å². The minimum atomic E-state index is 0.183. The van der Waals surface area contributed by atoms with Gasteiger partial charge < -0.3 is 11.1 Å². The summed E-state index contributed by atoms with van der Waals surface area (Å²) in [5.74, 6) is 0. The molecule has 1 aromatic heterocycles. The van der Waals surface area contributed by atoms with Crippen LogP contribution >= 0.6 is 27.3 Å². The Kier molecular flexibility index (Phi) is 3.92. The Morgan fingerprint density at radius 1 is 1.39 bits per heavy atom. The number of anilines is 2. The maximum absolute atomic E-state index is 5.87. The van der Waals surface area contributed by atoms with E-state index in [4.69, 9.17) is 5.73 Å². The summed E-state index contributed by atoms with van der Waals surface area (Å²) in [6.07, 6.45) is 1.90. The zero-order chi connectivity index (χ0) is 13.3. The van der Waals surface area contributed by atoms with Gasteiger partial charge in [0.2, 0.25) is 0 Å². The Morgan fingerprint density at radius 2 is 2.11 bits per heavy atom. The average molecular weight is 326 g/mol. The van der Waals surface area contributed by atoms with Crippen LogP contribution in [0.15, 0.2) is 22.8 Å². The highest BCUT2D eigenvalue weighted by atomic mass is 79.9. The van der Waals surface area contributed by atoms with E-state index in [1.165, 1.54) is 4.88 Å². The second-order valence-corrected chi connectivity index (χ2v) is 6.48. The third kappa shape index (κ3) is 2.84. The molecule has 3 N–H and O–H groups in total. The second-order valence-electron chi connectivity index (χ2n) is 4.36. The lowest BCUT2D eigenvalue weighted by Crippen LogP contribution is -2.07. The molecule has 2 rings (SSSR count). The molecule has 0 saturated heterocycles. The van der Waals surface area contributed by atoms with E-state index in [-0.39, 0.29) is 6.04 Å². The molecule has 0 spiro atoms. The van der Waals surface area contributed by atoms with E-state index in [0.717, 1.165) is 26.4 Å². The van der Waals surface area contributed by atoms with E-state index in [2.05, 4.69) is 46.1 Å². The molecular formula is C13H16BrN3S. The van der Waals surface area contributed by atoms with Gasteiger partial charge in [0.05, 0.1) is 6.04 Å². The van der Waals surface area contributed by atoms with Crippen molar-refractivity contribution in [2.24, 2.45) is 0 Å². The first-order chi connectivity index (χ1) is 8.47. The maximum atomic E-state index is 5.87. The van der Waals surface area contributed by atoms with E-state index in [9.17, 15) is 0 Å². The summed E-state index contributed by atoms with van der Waals surface area (Å²) in [5.41, 5.74) is 8.78. The zero-order valence-corrected chi connectivity index (χ0v) is 13.0. The van der Waals surface area contributed by atoms with Crippen LogP contribution in [-0.4, -0.2) is 4.98 Å². The van der Waals surface area contributed by atoms with Gasteiger partial charge in [0.15, 0.2) is 0 Å². The van der Waals surface area contributed by atoms with Gasteiger partial charge in [-0.25, -0.2) is 4.98 Å². The number of benzene rings is 1. The van der Waals surface area contributed by atoms with Crippen molar-refractivity contribution < 1.29 is 0 Å². The predicted molar refractivity (Wildman–Crippen MR) is 82.2 cm³/mol. The zero-order valence-electron chi connectivity index (χ0n) is 10.6.